The van der Waals surface area contributed by atoms with Crippen molar-refractivity contribution >= 4 is 49.8 Å². The largest absolute Gasteiger partial charge is 0.481 e. The van der Waals surface area contributed by atoms with Crippen molar-refractivity contribution < 1.29 is 19.6 Å². The maximum Gasteiger partial charge on any atom is 0.307 e. The molecule has 0 unspecified atom stereocenters. The van der Waals surface area contributed by atoms with Crippen molar-refractivity contribution in [2.24, 2.45) is 11.8 Å². The van der Waals surface area contributed by atoms with Crippen molar-refractivity contribution in [3.63, 3.8) is 0 Å². The Hall–Kier alpha value is -4.11. The SMILES string of the molecule is O=C(O)[C@@H]1CCC[C@H]1C(=O)c1ccc(-c2ccc(Nc3nc4ccc([N+](=O)[O-])cc4s3)cc2)cc1. The lowest BCUT2D eigenvalue weighted by molar-refractivity contribution is -0.384. The zero-order valence-electron chi connectivity index (χ0n) is 18.5. The van der Waals surface area contributed by atoms with Crippen LogP contribution in [0.2, 0.25) is 0 Å². The molecule has 176 valence electrons. The van der Waals surface area contributed by atoms with Gasteiger partial charge in [-0.1, -0.05) is 54.2 Å². The van der Waals surface area contributed by atoms with Crippen LogP contribution in [-0.2, 0) is 4.79 Å². The zero-order valence-corrected chi connectivity index (χ0v) is 19.3. The summed E-state index contributed by atoms with van der Waals surface area (Å²) in [6.45, 7) is 0. The van der Waals surface area contributed by atoms with Gasteiger partial charge in [-0.2, -0.15) is 0 Å². The summed E-state index contributed by atoms with van der Waals surface area (Å²) in [5.41, 5.74) is 4.02. The molecule has 1 saturated carbocycles. The summed E-state index contributed by atoms with van der Waals surface area (Å²) in [7, 11) is 0. The zero-order chi connectivity index (χ0) is 24.5. The summed E-state index contributed by atoms with van der Waals surface area (Å²) in [6.07, 6.45) is 1.95. The number of thiazole rings is 1. The molecule has 3 aromatic carbocycles. The number of anilines is 2. The topological polar surface area (TPSA) is 122 Å². The van der Waals surface area contributed by atoms with Crippen LogP contribution in [0.5, 0.6) is 0 Å². The van der Waals surface area contributed by atoms with Crippen LogP contribution in [0, 0.1) is 22.0 Å². The first-order valence-electron chi connectivity index (χ1n) is 11.2. The molecule has 0 spiro atoms. The van der Waals surface area contributed by atoms with Gasteiger partial charge in [0, 0.05) is 29.3 Å². The van der Waals surface area contributed by atoms with Crippen LogP contribution in [0.3, 0.4) is 0 Å². The quantitative estimate of drug-likeness (QED) is 0.178. The van der Waals surface area contributed by atoms with Crippen LogP contribution in [0.1, 0.15) is 29.6 Å². The number of carboxylic acids is 1. The van der Waals surface area contributed by atoms with Crippen molar-refractivity contribution in [3.8, 4) is 11.1 Å². The van der Waals surface area contributed by atoms with E-state index >= 15 is 0 Å². The number of carbonyl (C=O) groups excluding carboxylic acids is 1. The second-order valence-electron chi connectivity index (χ2n) is 8.55. The lowest BCUT2D eigenvalue weighted by Crippen LogP contribution is -2.25. The molecule has 4 aromatic rings. The lowest BCUT2D eigenvalue weighted by Gasteiger charge is -2.14. The van der Waals surface area contributed by atoms with E-state index in [0.29, 0.717) is 29.1 Å². The molecule has 1 fully saturated rings. The molecular formula is C26H21N3O5S. The summed E-state index contributed by atoms with van der Waals surface area (Å²) < 4.78 is 0.736. The highest BCUT2D eigenvalue weighted by Crippen LogP contribution is 2.35. The fourth-order valence-corrected chi connectivity index (χ4v) is 5.48. The Labute approximate surface area is 204 Å². The summed E-state index contributed by atoms with van der Waals surface area (Å²) in [5, 5.41) is 24.2. The molecule has 0 bridgehead atoms. The van der Waals surface area contributed by atoms with Gasteiger partial charge in [-0.05, 0) is 42.2 Å². The van der Waals surface area contributed by atoms with Gasteiger partial charge in [0.25, 0.3) is 5.69 Å². The smallest absolute Gasteiger partial charge is 0.307 e. The molecule has 8 nitrogen and oxygen atoms in total. The molecule has 0 saturated heterocycles. The number of ketones is 1. The average Bonchev–Trinajstić information content (AvgIpc) is 3.51. The molecule has 0 aliphatic heterocycles. The number of benzene rings is 3. The van der Waals surface area contributed by atoms with Crippen LogP contribution >= 0.6 is 11.3 Å². The van der Waals surface area contributed by atoms with Gasteiger partial charge in [-0.3, -0.25) is 19.7 Å². The highest BCUT2D eigenvalue weighted by Gasteiger charge is 2.37. The van der Waals surface area contributed by atoms with Crippen LogP contribution in [0.4, 0.5) is 16.5 Å². The fraction of sp³-hybridized carbons (Fsp3) is 0.192. The Morgan fingerprint density at radius 2 is 1.63 bits per heavy atom. The number of carboxylic acid groups (broad SMARTS) is 1. The number of aliphatic carboxylic acids is 1. The second-order valence-corrected chi connectivity index (χ2v) is 9.58. The summed E-state index contributed by atoms with van der Waals surface area (Å²) >= 11 is 1.35. The van der Waals surface area contributed by atoms with E-state index in [2.05, 4.69) is 10.3 Å². The number of nitro benzene ring substituents is 1. The van der Waals surface area contributed by atoms with Gasteiger partial charge in [-0.25, -0.2) is 4.98 Å². The van der Waals surface area contributed by atoms with Gasteiger partial charge in [0.05, 0.1) is 21.1 Å². The van der Waals surface area contributed by atoms with Crippen LogP contribution in [-0.4, -0.2) is 26.8 Å². The third-order valence-electron chi connectivity index (χ3n) is 6.39. The molecule has 1 aromatic heterocycles. The molecule has 1 aliphatic rings. The first-order chi connectivity index (χ1) is 16.9. The summed E-state index contributed by atoms with van der Waals surface area (Å²) in [6, 6.07) is 19.6. The van der Waals surface area contributed by atoms with E-state index in [0.717, 1.165) is 27.9 Å². The molecule has 2 atom stereocenters. The number of rotatable bonds is 7. The number of fused-ring (bicyclic) bond motifs is 1. The van der Waals surface area contributed by atoms with Crippen molar-refractivity contribution in [2.45, 2.75) is 19.3 Å². The van der Waals surface area contributed by atoms with E-state index in [1.54, 1.807) is 18.2 Å². The van der Waals surface area contributed by atoms with E-state index in [1.165, 1.54) is 23.5 Å². The molecule has 9 heteroatoms. The minimum absolute atomic E-state index is 0.0368. The van der Waals surface area contributed by atoms with Crippen LogP contribution in [0.25, 0.3) is 21.3 Å². The van der Waals surface area contributed by atoms with E-state index in [1.807, 2.05) is 36.4 Å². The van der Waals surface area contributed by atoms with Gasteiger partial charge in [0.1, 0.15) is 0 Å². The Kier molecular flexibility index (Phi) is 6.00. The molecule has 1 heterocycles. The molecule has 0 radical (unpaired) electrons. The molecule has 2 N–H and O–H groups in total. The minimum Gasteiger partial charge on any atom is -0.481 e. The molecule has 5 rings (SSSR count). The monoisotopic (exact) mass is 487 g/mol. The Balaban J connectivity index is 1.28. The van der Waals surface area contributed by atoms with Crippen LogP contribution < -0.4 is 5.32 Å². The normalized spacial score (nSPS) is 17.4. The molecule has 0 amide bonds. The number of non-ortho nitro benzene ring substituents is 1. The van der Waals surface area contributed by atoms with E-state index in [9.17, 15) is 24.8 Å². The standard InChI is InChI=1S/C26H21N3O5S/c30-24(20-2-1-3-21(20)25(31)32)17-6-4-15(5-7-17)16-8-10-18(11-9-16)27-26-28-22-13-12-19(29(33)34)14-23(22)35-26/h4-14,20-21H,1-3H2,(H,27,28)(H,31,32)/t20-,21-/m1/s1. The predicted molar refractivity (Wildman–Crippen MR) is 134 cm³/mol. The van der Waals surface area contributed by atoms with Crippen molar-refractivity contribution in [3.05, 3.63) is 82.4 Å². The highest BCUT2D eigenvalue weighted by molar-refractivity contribution is 7.22. The van der Waals surface area contributed by atoms with Crippen LogP contribution in [0.15, 0.2) is 66.7 Å². The van der Waals surface area contributed by atoms with Gasteiger partial charge in [-0.15, -0.1) is 0 Å². The Morgan fingerprint density at radius 3 is 2.29 bits per heavy atom. The van der Waals surface area contributed by atoms with E-state index in [4.69, 9.17) is 0 Å². The fourth-order valence-electron chi connectivity index (χ4n) is 4.56. The first kappa shape index (κ1) is 22.7. The predicted octanol–water partition coefficient (Wildman–Crippen LogP) is 6.30. The maximum atomic E-state index is 12.8. The summed E-state index contributed by atoms with van der Waals surface area (Å²) in [5.74, 6) is -2.02. The molecule has 35 heavy (non-hydrogen) atoms. The number of hydrogen-bond donors (Lipinski definition) is 2. The Morgan fingerprint density at radius 1 is 0.971 bits per heavy atom. The minimum atomic E-state index is -0.890. The lowest BCUT2D eigenvalue weighted by atomic mass is 9.88. The third-order valence-corrected chi connectivity index (χ3v) is 7.33. The number of nitrogens with one attached hydrogen (secondary N) is 1. The number of aromatic nitrogens is 1. The van der Waals surface area contributed by atoms with Crippen molar-refractivity contribution in [2.75, 3.05) is 5.32 Å². The number of nitro groups is 1. The number of hydrogen-bond acceptors (Lipinski definition) is 7. The summed E-state index contributed by atoms with van der Waals surface area (Å²) in [4.78, 5) is 39.3. The molecular weight excluding hydrogens is 466 g/mol. The van der Waals surface area contributed by atoms with E-state index < -0.39 is 22.7 Å². The van der Waals surface area contributed by atoms with Crippen molar-refractivity contribution in [1.82, 2.24) is 4.98 Å². The second kappa shape index (κ2) is 9.27. The number of nitrogens with zero attached hydrogens (tertiary/aromatic N) is 2. The van der Waals surface area contributed by atoms with Gasteiger partial charge in [0.2, 0.25) is 0 Å². The van der Waals surface area contributed by atoms with Gasteiger partial charge >= 0.3 is 5.97 Å². The number of carbonyl (C=O) groups is 2. The average molecular weight is 488 g/mol. The third kappa shape index (κ3) is 4.63. The molecule has 1 aliphatic carbocycles. The highest BCUT2D eigenvalue weighted by atomic mass is 32.1. The number of Topliss-reactive ketones (excluding diaryl/α,β-unsaturated/α-hetero) is 1. The van der Waals surface area contributed by atoms with E-state index in [-0.39, 0.29) is 11.5 Å². The Bertz CT molecular complexity index is 1430. The van der Waals surface area contributed by atoms with Gasteiger partial charge in [0.15, 0.2) is 10.9 Å². The van der Waals surface area contributed by atoms with Gasteiger partial charge < -0.3 is 10.4 Å². The van der Waals surface area contributed by atoms with Crippen molar-refractivity contribution in [1.29, 1.82) is 0 Å². The first-order valence-corrected chi connectivity index (χ1v) is 12.0. The maximum absolute atomic E-state index is 12.8.